The van der Waals surface area contributed by atoms with Gasteiger partial charge in [-0.05, 0) is 49.5 Å². The van der Waals surface area contributed by atoms with Gasteiger partial charge in [-0.25, -0.2) is 0 Å². The van der Waals surface area contributed by atoms with Crippen molar-refractivity contribution in [3.05, 3.63) is 35.5 Å². The van der Waals surface area contributed by atoms with E-state index in [1.54, 1.807) is 0 Å². The van der Waals surface area contributed by atoms with Crippen LogP contribution in [0.3, 0.4) is 0 Å². The lowest BCUT2D eigenvalue weighted by atomic mass is 10.0. The number of aliphatic hydroxyl groups excluding tert-OH is 1. The maximum Gasteiger partial charge on any atom is 0.192 e. The number of aromatic amines is 1. The lowest BCUT2D eigenvalue weighted by Crippen LogP contribution is -2.42. The Morgan fingerprint density at radius 2 is 1.87 bits per heavy atom. The van der Waals surface area contributed by atoms with Crippen molar-refractivity contribution in [2.75, 3.05) is 6.61 Å². The molecule has 0 unspecified atom stereocenters. The van der Waals surface area contributed by atoms with E-state index in [4.69, 9.17) is 4.43 Å². The minimum atomic E-state index is -1.78. The molecule has 0 aliphatic heterocycles. The van der Waals surface area contributed by atoms with Crippen LogP contribution in [0.2, 0.25) is 18.1 Å². The van der Waals surface area contributed by atoms with E-state index in [-0.39, 0.29) is 5.04 Å². The van der Waals surface area contributed by atoms with E-state index in [9.17, 15) is 5.11 Å². The van der Waals surface area contributed by atoms with Crippen LogP contribution in [0.4, 0.5) is 0 Å². The second-order valence-corrected chi connectivity index (χ2v) is 12.8. The first kappa shape index (κ1) is 18.2. The van der Waals surface area contributed by atoms with Crippen LogP contribution in [0.1, 0.15) is 38.4 Å². The van der Waals surface area contributed by atoms with Crippen LogP contribution in [-0.2, 0) is 10.8 Å². The minimum Gasteiger partial charge on any atom is -0.414 e. The van der Waals surface area contributed by atoms with Gasteiger partial charge in [-0.3, -0.25) is 0 Å². The Balaban J connectivity index is 1.94. The molecular formula is C19H31NO2Si. The van der Waals surface area contributed by atoms with E-state index >= 15 is 0 Å². The number of para-hydroxylation sites is 1. The zero-order chi connectivity index (χ0) is 17.3. The molecule has 0 radical (unpaired) electrons. The molecule has 128 valence electrons. The van der Waals surface area contributed by atoms with E-state index in [1.165, 1.54) is 22.2 Å². The summed E-state index contributed by atoms with van der Waals surface area (Å²) in [6.07, 6.45) is 1.20. The molecule has 3 nitrogen and oxygen atoms in total. The SMILES string of the molecule is Cc1[nH]c2ccccc2c1CC[C@H](O)CO[Si](C)(C)C(C)(C)C. The third-order valence-electron chi connectivity index (χ3n) is 5.20. The number of hydrogen-bond acceptors (Lipinski definition) is 2. The van der Waals surface area contributed by atoms with Crippen LogP contribution in [-0.4, -0.2) is 31.1 Å². The summed E-state index contributed by atoms with van der Waals surface area (Å²) in [5.41, 5.74) is 3.68. The van der Waals surface area contributed by atoms with Crippen molar-refractivity contribution in [1.82, 2.24) is 4.98 Å². The molecule has 0 amide bonds. The summed E-state index contributed by atoms with van der Waals surface area (Å²) in [5, 5.41) is 11.8. The van der Waals surface area contributed by atoms with Gasteiger partial charge in [-0.1, -0.05) is 39.0 Å². The Labute approximate surface area is 141 Å². The van der Waals surface area contributed by atoms with Crippen LogP contribution in [0, 0.1) is 6.92 Å². The molecule has 0 aliphatic rings. The van der Waals surface area contributed by atoms with Crippen LogP contribution < -0.4 is 0 Å². The van der Waals surface area contributed by atoms with E-state index in [1.807, 2.05) is 6.07 Å². The van der Waals surface area contributed by atoms with Crippen molar-refractivity contribution in [3.8, 4) is 0 Å². The molecule has 0 bridgehead atoms. The molecule has 0 aliphatic carbocycles. The Morgan fingerprint density at radius 1 is 1.22 bits per heavy atom. The molecular weight excluding hydrogens is 302 g/mol. The number of H-pyrrole nitrogens is 1. The van der Waals surface area contributed by atoms with Crippen LogP contribution in [0.5, 0.6) is 0 Å². The average molecular weight is 334 g/mol. The van der Waals surface area contributed by atoms with E-state index < -0.39 is 14.4 Å². The summed E-state index contributed by atoms with van der Waals surface area (Å²) in [5.74, 6) is 0. The fourth-order valence-corrected chi connectivity index (χ4v) is 3.61. The Bertz CT molecular complexity index is 655. The molecule has 0 saturated carbocycles. The van der Waals surface area contributed by atoms with Gasteiger partial charge < -0.3 is 14.5 Å². The fourth-order valence-electron chi connectivity index (χ4n) is 2.57. The van der Waals surface area contributed by atoms with E-state index in [0.29, 0.717) is 6.61 Å². The van der Waals surface area contributed by atoms with Crippen molar-refractivity contribution in [2.45, 2.75) is 64.8 Å². The maximum absolute atomic E-state index is 10.3. The number of aromatic nitrogens is 1. The predicted molar refractivity (Wildman–Crippen MR) is 101 cm³/mol. The largest absolute Gasteiger partial charge is 0.414 e. The number of fused-ring (bicyclic) bond motifs is 1. The van der Waals surface area contributed by atoms with Gasteiger partial charge in [0, 0.05) is 16.6 Å². The lowest BCUT2D eigenvalue weighted by molar-refractivity contribution is 0.0932. The molecule has 0 spiro atoms. The van der Waals surface area contributed by atoms with Crippen molar-refractivity contribution in [2.24, 2.45) is 0 Å². The van der Waals surface area contributed by atoms with Crippen LogP contribution >= 0.6 is 0 Å². The van der Waals surface area contributed by atoms with Gasteiger partial charge >= 0.3 is 0 Å². The number of aryl methyl sites for hydroxylation is 2. The molecule has 23 heavy (non-hydrogen) atoms. The number of nitrogens with one attached hydrogen (secondary N) is 1. The van der Waals surface area contributed by atoms with E-state index in [0.717, 1.165) is 12.8 Å². The van der Waals surface area contributed by atoms with Gasteiger partial charge in [0.1, 0.15) is 0 Å². The normalized spacial score (nSPS) is 14.4. The molecule has 4 heteroatoms. The zero-order valence-electron chi connectivity index (χ0n) is 15.4. The standard InChI is InChI=1S/C19H31NO2Si/c1-14-16(17-9-7-8-10-18(17)20-14)12-11-15(21)13-22-23(5,6)19(2,3)4/h7-10,15,20-21H,11-13H2,1-6H3/t15-/m0/s1. The van der Waals surface area contributed by atoms with Crippen molar-refractivity contribution < 1.29 is 9.53 Å². The smallest absolute Gasteiger partial charge is 0.192 e. The quantitative estimate of drug-likeness (QED) is 0.746. The second-order valence-electron chi connectivity index (χ2n) is 8.04. The molecule has 0 fully saturated rings. The van der Waals surface area contributed by atoms with Gasteiger partial charge in [0.2, 0.25) is 0 Å². The van der Waals surface area contributed by atoms with E-state index in [2.05, 4.69) is 64.0 Å². The van der Waals surface area contributed by atoms with Crippen LogP contribution in [0.15, 0.2) is 24.3 Å². The number of aliphatic hydroxyl groups is 1. The topological polar surface area (TPSA) is 45.2 Å². The lowest BCUT2D eigenvalue weighted by Gasteiger charge is -2.36. The summed E-state index contributed by atoms with van der Waals surface area (Å²) in [4.78, 5) is 3.42. The summed E-state index contributed by atoms with van der Waals surface area (Å²) in [6.45, 7) is 13.7. The average Bonchev–Trinajstić information content (AvgIpc) is 2.77. The first-order valence-corrected chi connectivity index (χ1v) is 11.4. The van der Waals surface area contributed by atoms with Crippen LogP contribution in [0.25, 0.3) is 10.9 Å². The summed E-state index contributed by atoms with van der Waals surface area (Å²) in [6, 6.07) is 8.36. The summed E-state index contributed by atoms with van der Waals surface area (Å²) < 4.78 is 6.12. The van der Waals surface area contributed by atoms with Gasteiger partial charge in [0.05, 0.1) is 12.7 Å². The first-order valence-electron chi connectivity index (χ1n) is 8.50. The molecule has 1 atom stereocenters. The molecule has 2 aromatic rings. The van der Waals surface area contributed by atoms with Gasteiger partial charge in [-0.15, -0.1) is 0 Å². The highest BCUT2D eigenvalue weighted by atomic mass is 28.4. The second kappa shape index (κ2) is 6.79. The Morgan fingerprint density at radius 3 is 2.52 bits per heavy atom. The van der Waals surface area contributed by atoms with Crippen molar-refractivity contribution in [1.29, 1.82) is 0 Å². The zero-order valence-corrected chi connectivity index (χ0v) is 16.4. The third-order valence-corrected chi connectivity index (χ3v) is 9.70. The third kappa shape index (κ3) is 4.25. The number of benzene rings is 1. The highest BCUT2D eigenvalue weighted by molar-refractivity contribution is 6.74. The monoisotopic (exact) mass is 333 g/mol. The minimum absolute atomic E-state index is 0.181. The molecule has 1 aromatic carbocycles. The number of rotatable bonds is 6. The Hall–Kier alpha value is -1.10. The van der Waals surface area contributed by atoms with Crippen molar-refractivity contribution >= 4 is 19.2 Å². The summed E-state index contributed by atoms with van der Waals surface area (Å²) >= 11 is 0. The highest BCUT2D eigenvalue weighted by Gasteiger charge is 2.37. The Kier molecular flexibility index (Phi) is 5.39. The molecule has 0 saturated heterocycles. The molecule has 2 N–H and O–H groups in total. The summed E-state index contributed by atoms with van der Waals surface area (Å²) in [7, 11) is -1.78. The van der Waals surface area contributed by atoms with Crippen molar-refractivity contribution in [3.63, 3.8) is 0 Å². The predicted octanol–water partition coefficient (Wildman–Crippen LogP) is 4.79. The fraction of sp³-hybridized carbons (Fsp3) is 0.579. The number of hydrogen-bond donors (Lipinski definition) is 2. The van der Waals surface area contributed by atoms with Gasteiger partial charge in [0.15, 0.2) is 8.32 Å². The molecule has 2 rings (SSSR count). The van der Waals surface area contributed by atoms with Gasteiger partial charge in [0.25, 0.3) is 0 Å². The molecule has 1 heterocycles. The first-order chi connectivity index (χ1) is 10.6. The maximum atomic E-state index is 10.3. The molecule has 1 aromatic heterocycles. The van der Waals surface area contributed by atoms with Gasteiger partial charge in [-0.2, -0.15) is 0 Å². The highest BCUT2D eigenvalue weighted by Crippen LogP contribution is 2.36.